The molecule has 0 N–H and O–H groups in total. The molecule has 0 radical (unpaired) electrons. The van der Waals surface area contributed by atoms with Crippen LogP contribution >= 0.6 is 0 Å². The van der Waals surface area contributed by atoms with E-state index in [1.807, 2.05) is 0 Å². The zero-order valence-corrected chi connectivity index (χ0v) is 35.0. The van der Waals surface area contributed by atoms with E-state index in [9.17, 15) is 0 Å². The van der Waals surface area contributed by atoms with Crippen molar-refractivity contribution in [2.75, 3.05) is 4.90 Å². The molecule has 12 rings (SSSR count). The van der Waals surface area contributed by atoms with E-state index in [0.29, 0.717) is 0 Å². The van der Waals surface area contributed by atoms with Gasteiger partial charge in [-0.15, -0.1) is 0 Å². The van der Waals surface area contributed by atoms with E-state index in [2.05, 4.69) is 235 Å². The zero-order valence-electron chi connectivity index (χ0n) is 32.9. The summed E-state index contributed by atoms with van der Waals surface area (Å²) in [6, 6.07) is 85.8. The quantitative estimate of drug-likeness (QED) is 0.127. The van der Waals surface area contributed by atoms with E-state index in [1.165, 1.54) is 69.0 Å². The standard InChI is InChI=1S/C56H39NOSi2/c1-3-17-39(18-4-1)40-31-33-42(34-32-40)57(48-37-41-19-7-8-22-45(41)46-23-9-10-24-47(46)48)43-35-36-52-56(38-43)60(53-28-14-11-25-49(53)58-50-26-12-15-29-54(50)60)55-30-16-13-27-51(55)59(52)44-20-5-2-6-21-44/h1-38,59H. The molecule has 282 valence electrons. The maximum Gasteiger partial charge on any atom is 0.188 e. The van der Waals surface area contributed by atoms with E-state index in [4.69, 9.17) is 4.74 Å². The molecule has 1 unspecified atom stereocenters. The van der Waals surface area contributed by atoms with Crippen LogP contribution in [0.4, 0.5) is 17.1 Å². The van der Waals surface area contributed by atoms with Crippen molar-refractivity contribution >= 4 is 91.8 Å². The second-order valence-corrected chi connectivity index (χ2v) is 22.4. The largest absolute Gasteiger partial charge is 0.458 e. The van der Waals surface area contributed by atoms with Gasteiger partial charge in [-0.25, -0.2) is 0 Å². The van der Waals surface area contributed by atoms with Gasteiger partial charge in [0.25, 0.3) is 0 Å². The van der Waals surface area contributed by atoms with Crippen LogP contribution in [0.5, 0.6) is 11.5 Å². The Kier molecular flexibility index (Phi) is 8.08. The van der Waals surface area contributed by atoms with Crippen molar-refractivity contribution in [3.8, 4) is 22.6 Å². The van der Waals surface area contributed by atoms with Gasteiger partial charge < -0.3 is 9.64 Å². The lowest BCUT2D eigenvalue weighted by Gasteiger charge is -2.46. The Morgan fingerprint density at radius 3 is 1.63 bits per heavy atom. The lowest BCUT2D eigenvalue weighted by atomic mass is 9.98. The highest BCUT2D eigenvalue weighted by molar-refractivity contribution is 7.27. The lowest BCUT2D eigenvalue weighted by Crippen LogP contribution is -2.87. The van der Waals surface area contributed by atoms with Crippen molar-refractivity contribution in [1.82, 2.24) is 0 Å². The summed E-state index contributed by atoms with van der Waals surface area (Å²) in [6.45, 7) is 0. The van der Waals surface area contributed by atoms with E-state index in [-0.39, 0.29) is 0 Å². The van der Waals surface area contributed by atoms with Crippen molar-refractivity contribution in [3.63, 3.8) is 0 Å². The fourth-order valence-corrected chi connectivity index (χ4v) is 20.7. The SMILES string of the molecule is c1ccc(-c2ccc(N(c3ccc4c(c3)[Si]3(c5ccccc5Oc5ccccc53)c3ccccc3[SiH]4c3ccccc3)c3cc4ccccc4c4ccccc34)cc2)cc1. The molecule has 0 saturated carbocycles. The Morgan fingerprint density at radius 2 is 0.900 bits per heavy atom. The van der Waals surface area contributed by atoms with Gasteiger partial charge in [0.05, 0.1) is 5.69 Å². The summed E-state index contributed by atoms with van der Waals surface area (Å²) >= 11 is 0. The van der Waals surface area contributed by atoms with Crippen LogP contribution in [0.2, 0.25) is 0 Å². The average molecular weight is 798 g/mol. The van der Waals surface area contributed by atoms with Gasteiger partial charge in [0, 0.05) is 16.8 Å². The van der Waals surface area contributed by atoms with Crippen molar-refractivity contribution < 1.29 is 4.74 Å². The van der Waals surface area contributed by atoms with Crippen LogP contribution in [0.25, 0.3) is 32.7 Å². The summed E-state index contributed by atoms with van der Waals surface area (Å²) < 4.78 is 6.84. The maximum absolute atomic E-state index is 6.84. The number of rotatable bonds is 5. The number of para-hydroxylation sites is 2. The van der Waals surface area contributed by atoms with Crippen LogP contribution in [0.15, 0.2) is 231 Å². The topological polar surface area (TPSA) is 12.5 Å². The Morgan fingerprint density at radius 1 is 0.367 bits per heavy atom. The second-order valence-electron chi connectivity index (χ2n) is 16.0. The number of nitrogens with zero attached hydrogens (tertiary/aromatic N) is 1. The fraction of sp³-hybridized carbons (Fsp3) is 0. The molecule has 0 aliphatic carbocycles. The van der Waals surface area contributed by atoms with Crippen LogP contribution in [0.3, 0.4) is 0 Å². The second kappa shape index (κ2) is 14.0. The molecule has 60 heavy (non-hydrogen) atoms. The summed E-state index contributed by atoms with van der Waals surface area (Å²) in [6.07, 6.45) is 0. The average Bonchev–Trinajstić information content (AvgIpc) is 3.32. The van der Waals surface area contributed by atoms with Gasteiger partial charge >= 0.3 is 0 Å². The first-order chi connectivity index (χ1) is 29.8. The van der Waals surface area contributed by atoms with Crippen molar-refractivity contribution in [2.45, 2.75) is 0 Å². The van der Waals surface area contributed by atoms with Crippen molar-refractivity contribution in [3.05, 3.63) is 231 Å². The highest BCUT2D eigenvalue weighted by Gasteiger charge is 2.53. The predicted octanol–water partition coefficient (Wildman–Crippen LogP) is 9.17. The monoisotopic (exact) mass is 797 g/mol. The Hall–Kier alpha value is -7.25. The molecular formula is C56H39NOSi2. The number of benzene rings is 10. The Balaban J connectivity index is 1.19. The highest BCUT2D eigenvalue weighted by atomic mass is 28.3. The van der Waals surface area contributed by atoms with E-state index in [0.717, 1.165) is 28.6 Å². The first-order valence-corrected chi connectivity index (χ1v) is 24.5. The normalized spacial score (nSPS) is 14.4. The summed E-state index contributed by atoms with van der Waals surface area (Å²) in [5.74, 6) is 1.92. The fourth-order valence-electron chi connectivity index (χ4n) is 10.3. The molecule has 0 aromatic heterocycles. The minimum absolute atomic E-state index is 0.961. The molecule has 4 heteroatoms. The van der Waals surface area contributed by atoms with Crippen LogP contribution in [0, 0.1) is 0 Å². The smallest absolute Gasteiger partial charge is 0.188 e. The van der Waals surface area contributed by atoms with Crippen LogP contribution in [-0.2, 0) is 0 Å². The van der Waals surface area contributed by atoms with Crippen molar-refractivity contribution in [1.29, 1.82) is 0 Å². The number of fused-ring (bicyclic) bond motifs is 11. The molecular weight excluding hydrogens is 759 g/mol. The number of ether oxygens (including phenoxy) is 1. The first kappa shape index (κ1) is 34.8. The Bertz CT molecular complexity index is 3210. The zero-order chi connectivity index (χ0) is 39.6. The molecule has 0 fully saturated rings. The minimum atomic E-state index is -2.97. The molecule has 0 bridgehead atoms. The lowest BCUT2D eigenvalue weighted by molar-refractivity contribution is 0.487. The van der Waals surface area contributed by atoms with Crippen LogP contribution in [-0.4, -0.2) is 16.9 Å². The molecule has 2 nitrogen and oxygen atoms in total. The van der Waals surface area contributed by atoms with Gasteiger partial charge in [-0.3, -0.25) is 0 Å². The van der Waals surface area contributed by atoms with Gasteiger partial charge in [-0.2, -0.15) is 0 Å². The van der Waals surface area contributed by atoms with Gasteiger partial charge in [-0.05, 0) is 90.5 Å². The van der Waals surface area contributed by atoms with Crippen LogP contribution in [0.1, 0.15) is 0 Å². The molecule has 1 spiro atoms. The van der Waals surface area contributed by atoms with Crippen LogP contribution < -0.4 is 45.9 Å². The number of hydrogen-bond acceptors (Lipinski definition) is 2. The molecule has 2 heterocycles. The third kappa shape index (κ3) is 5.25. The Labute approximate surface area is 352 Å². The molecule has 0 saturated heterocycles. The molecule has 1 atom stereocenters. The van der Waals surface area contributed by atoms with E-state index in [1.54, 1.807) is 0 Å². The maximum atomic E-state index is 6.84. The number of anilines is 3. The first-order valence-electron chi connectivity index (χ1n) is 20.8. The highest BCUT2D eigenvalue weighted by Crippen LogP contribution is 2.42. The molecule has 10 aromatic rings. The molecule has 2 aliphatic rings. The van der Waals surface area contributed by atoms with Gasteiger partial charge in [0.15, 0.2) is 8.07 Å². The van der Waals surface area contributed by atoms with Gasteiger partial charge in [-0.1, -0.05) is 204 Å². The third-order valence-electron chi connectivity index (χ3n) is 12.8. The third-order valence-corrected chi connectivity index (χ3v) is 21.7. The minimum Gasteiger partial charge on any atom is -0.458 e. The summed E-state index contributed by atoms with van der Waals surface area (Å²) in [7, 11) is -4.92. The molecule has 10 aromatic carbocycles. The van der Waals surface area contributed by atoms with Gasteiger partial charge in [0.1, 0.15) is 20.3 Å². The summed E-state index contributed by atoms with van der Waals surface area (Å²) in [5.41, 5.74) is 5.83. The van der Waals surface area contributed by atoms with Gasteiger partial charge in [0.2, 0.25) is 0 Å². The van der Waals surface area contributed by atoms with Crippen molar-refractivity contribution in [2.24, 2.45) is 0 Å². The number of hydrogen-bond donors (Lipinski definition) is 0. The molecule has 0 amide bonds. The summed E-state index contributed by atoms with van der Waals surface area (Å²) in [4.78, 5) is 2.52. The summed E-state index contributed by atoms with van der Waals surface area (Å²) in [5, 5.41) is 14.9. The van der Waals surface area contributed by atoms with E-state index >= 15 is 0 Å². The molecule has 2 aliphatic heterocycles. The predicted molar refractivity (Wildman–Crippen MR) is 258 cm³/mol. The van der Waals surface area contributed by atoms with E-state index < -0.39 is 16.9 Å².